The van der Waals surface area contributed by atoms with E-state index >= 15 is 0 Å². The fraction of sp³-hybridized carbons (Fsp3) is 0.647. The van der Waals surface area contributed by atoms with Crippen molar-refractivity contribution in [1.29, 1.82) is 0 Å². The summed E-state index contributed by atoms with van der Waals surface area (Å²) in [4.78, 5) is 0. The maximum absolute atomic E-state index is 5.75. The van der Waals surface area contributed by atoms with Crippen LogP contribution >= 0.6 is 0 Å². The van der Waals surface area contributed by atoms with Crippen LogP contribution in [0.2, 0.25) is 0 Å². The van der Waals surface area contributed by atoms with Crippen molar-refractivity contribution in [1.82, 2.24) is 5.32 Å². The molecule has 0 aliphatic carbocycles. The smallest absolute Gasteiger partial charge is 0.122 e. The topological polar surface area (TPSA) is 30.5 Å². The van der Waals surface area contributed by atoms with Crippen molar-refractivity contribution in [2.75, 3.05) is 20.8 Å². The van der Waals surface area contributed by atoms with Gasteiger partial charge in [0.1, 0.15) is 5.75 Å². The van der Waals surface area contributed by atoms with Gasteiger partial charge in [0, 0.05) is 13.2 Å². The molecule has 1 heterocycles. The van der Waals surface area contributed by atoms with Crippen molar-refractivity contribution in [3.63, 3.8) is 0 Å². The molecule has 1 N–H and O–H groups in total. The first-order valence-corrected chi connectivity index (χ1v) is 7.50. The Balaban J connectivity index is 2.05. The second-order valence-corrected chi connectivity index (χ2v) is 6.26. The first-order valence-electron chi connectivity index (χ1n) is 7.50. The molecule has 2 unspecified atom stereocenters. The van der Waals surface area contributed by atoms with Crippen molar-refractivity contribution < 1.29 is 9.47 Å². The number of rotatable bonds is 6. The summed E-state index contributed by atoms with van der Waals surface area (Å²) >= 11 is 0. The second kappa shape index (κ2) is 6.59. The summed E-state index contributed by atoms with van der Waals surface area (Å²) in [6, 6.07) is 8.89. The first kappa shape index (κ1) is 15.3. The molecule has 112 valence electrons. The van der Waals surface area contributed by atoms with Crippen LogP contribution in [-0.4, -0.2) is 32.4 Å². The predicted molar refractivity (Wildman–Crippen MR) is 82.5 cm³/mol. The fourth-order valence-corrected chi connectivity index (χ4v) is 2.98. The number of benzene rings is 1. The average molecular weight is 277 g/mol. The number of nitrogens with one attached hydrogen (secondary N) is 1. The predicted octanol–water partition coefficient (Wildman–Crippen LogP) is 3.35. The van der Waals surface area contributed by atoms with E-state index in [2.05, 4.69) is 37.4 Å². The van der Waals surface area contributed by atoms with Crippen LogP contribution in [0.5, 0.6) is 5.75 Å². The Bertz CT molecular complexity index is 431. The van der Waals surface area contributed by atoms with Gasteiger partial charge in [0.2, 0.25) is 0 Å². The van der Waals surface area contributed by atoms with Crippen LogP contribution in [0.15, 0.2) is 24.3 Å². The maximum atomic E-state index is 5.75. The third-order valence-corrected chi connectivity index (χ3v) is 4.35. The van der Waals surface area contributed by atoms with E-state index in [0.717, 1.165) is 31.6 Å². The maximum Gasteiger partial charge on any atom is 0.122 e. The number of methoxy groups -OCH3 is 1. The van der Waals surface area contributed by atoms with Gasteiger partial charge in [0.25, 0.3) is 0 Å². The fourth-order valence-electron chi connectivity index (χ4n) is 2.98. The van der Waals surface area contributed by atoms with Gasteiger partial charge in [0.15, 0.2) is 0 Å². The van der Waals surface area contributed by atoms with Gasteiger partial charge >= 0.3 is 0 Å². The van der Waals surface area contributed by atoms with E-state index in [0.29, 0.717) is 12.0 Å². The minimum atomic E-state index is -0.0850. The SMILES string of the molecule is CNC(CC1CCOc2ccccc21)CC(C)(C)OC. The lowest BCUT2D eigenvalue weighted by molar-refractivity contribution is 0.00615. The highest BCUT2D eigenvalue weighted by atomic mass is 16.5. The Morgan fingerprint density at radius 1 is 1.40 bits per heavy atom. The van der Waals surface area contributed by atoms with Crippen LogP contribution < -0.4 is 10.1 Å². The Morgan fingerprint density at radius 2 is 2.15 bits per heavy atom. The van der Waals surface area contributed by atoms with E-state index in [1.54, 1.807) is 7.11 Å². The molecule has 0 radical (unpaired) electrons. The average Bonchev–Trinajstić information content (AvgIpc) is 2.46. The Morgan fingerprint density at radius 3 is 2.85 bits per heavy atom. The third kappa shape index (κ3) is 3.74. The molecule has 1 aromatic rings. The molecule has 0 fully saturated rings. The minimum Gasteiger partial charge on any atom is -0.493 e. The highest BCUT2D eigenvalue weighted by molar-refractivity contribution is 5.37. The lowest BCUT2D eigenvalue weighted by atomic mass is 9.84. The zero-order valence-corrected chi connectivity index (χ0v) is 13.1. The molecular formula is C17H27NO2. The molecular weight excluding hydrogens is 250 g/mol. The lowest BCUT2D eigenvalue weighted by Crippen LogP contribution is -2.37. The Kier molecular flexibility index (Phi) is 5.06. The summed E-state index contributed by atoms with van der Waals surface area (Å²) in [5, 5.41) is 3.45. The van der Waals surface area contributed by atoms with Crippen molar-refractivity contribution in [3.05, 3.63) is 29.8 Å². The zero-order valence-electron chi connectivity index (χ0n) is 13.1. The first-order chi connectivity index (χ1) is 9.55. The van der Waals surface area contributed by atoms with Crippen LogP contribution in [0.4, 0.5) is 0 Å². The van der Waals surface area contributed by atoms with Gasteiger partial charge in [0.05, 0.1) is 12.2 Å². The highest BCUT2D eigenvalue weighted by Gasteiger charge is 2.27. The number of fused-ring (bicyclic) bond motifs is 1. The highest BCUT2D eigenvalue weighted by Crippen LogP contribution is 2.37. The van der Waals surface area contributed by atoms with E-state index < -0.39 is 0 Å². The summed E-state index contributed by atoms with van der Waals surface area (Å²) < 4.78 is 11.3. The van der Waals surface area contributed by atoms with E-state index in [1.807, 2.05) is 13.1 Å². The molecule has 3 heteroatoms. The summed E-state index contributed by atoms with van der Waals surface area (Å²) in [6.07, 6.45) is 3.24. The van der Waals surface area contributed by atoms with Crippen LogP contribution in [0.25, 0.3) is 0 Å². The number of hydrogen-bond acceptors (Lipinski definition) is 3. The van der Waals surface area contributed by atoms with E-state index in [-0.39, 0.29) is 5.60 Å². The number of hydrogen-bond donors (Lipinski definition) is 1. The molecule has 3 nitrogen and oxygen atoms in total. The van der Waals surface area contributed by atoms with Crippen molar-refractivity contribution in [2.24, 2.45) is 0 Å². The molecule has 0 amide bonds. The van der Waals surface area contributed by atoms with Gasteiger partial charge in [-0.05, 0) is 57.7 Å². The van der Waals surface area contributed by atoms with Crippen LogP contribution in [0.1, 0.15) is 44.6 Å². The third-order valence-electron chi connectivity index (χ3n) is 4.35. The van der Waals surface area contributed by atoms with Gasteiger partial charge in [-0.2, -0.15) is 0 Å². The molecule has 20 heavy (non-hydrogen) atoms. The normalized spacial score (nSPS) is 20.1. The molecule has 0 aromatic heterocycles. The van der Waals surface area contributed by atoms with E-state index in [1.165, 1.54) is 5.56 Å². The van der Waals surface area contributed by atoms with Crippen LogP contribution in [-0.2, 0) is 4.74 Å². The van der Waals surface area contributed by atoms with E-state index in [4.69, 9.17) is 9.47 Å². The number of para-hydroxylation sites is 1. The molecule has 0 saturated carbocycles. The van der Waals surface area contributed by atoms with E-state index in [9.17, 15) is 0 Å². The molecule has 0 spiro atoms. The zero-order chi connectivity index (χ0) is 14.6. The van der Waals surface area contributed by atoms with Crippen LogP contribution in [0.3, 0.4) is 0 Å². The van der Waals surface area contributed by atoms with Gasteiger partial charge in [-0.25, -0.2) is 0 Å². The quantitative estimate of drug-likeness (QED) is 0.865. The largest absolute Gasteiger partial charge is 0.493 e. The van der Waals surface area contributed by atoms with Crippen molar-refractivity contribution in [3.8, 4) is 5.75 Å². The molecule has 2 atom stereocenters. The molecule has 1 aliphatic heterocycles. The molecule has 1 aliphatic rings. The monoisotopic (exact) mass is 277 g/mol. The summed E-state index contributed by atoms with van der Waals surface area (Å²) in [5.41, 5.74) is 1.27. The Hall–Kier alpha value is -1.06. The van der Waals surface area contributed by atoms with Gasteiger partial charge in [-0.3, -0.25) is 0 Å². The second-order valence-electron chi connectivity index (χ2n) is 6.26. The lowest BCUT2D eigenvalue weighted by Gasteiger charge is -2.33. The summed E-state index contributed by atoms with van der Waals surface area (Å²) in [6.45, 7) is 5.12. The van der Waals surface area contributed by atoms with Gasteiger partial charge < -0.3 is 14.8 Å². The van der Waals surface area contributed by atoms with Gasteiger partial charge in [-0.15, -0.1) is 0 Å². The van der Waals surface area contributed by atoms with Crippen LogP contribution in [0, 0.1) is 0 Å². The summed E-state index contributed by atoms with van der Waals surface area (Å²) in [5.74, 6) is 1.63. The van der Waals surface area contributed by atoms with Crippen molar-refractivity contribution >= 4 is 0 Å². The molecule has 0 bridgehead atoms. The summed E-state index contributed by atoms with van der Waals surface area (Å²) in [7, 11) is 3.83. The van der Waals surface area contributed by atoms with Crippen molar-refractivity contribution in [2.45, 2.75) is 50.7 Å². The standard InChI is InChI=1S/C17H27NO2/c1-17(2,19-4)12-14(18-3)11-13-9-10-20-16-8-6-5-7-15(13)16/h5-8,13-14,18H,9-12H2,1-4H3. The molecule has 2 rings (SSSR count). The Labute approximate surface area is 122 Å². The number of ether oxygens (including phenoxy) is 2. The van der Waals surface area contributed by atoms with Gasteiger partial charge in [-0.1, -0.05) is 18.2 Å². The minimum absolute atomic E-state index is 0.0850. The molecule has 0 saturated heterocycles. The molecule has 1 aromatic carbocycles.